The van der Waals surface area contributed by atoms with Crippen LogP contribution in [0.4, 0.5) is 16.3 Å². The highest BCUT2D eigenvalue weighted by molar-refractivity contribution is 5.83. The first-order valence-corrected chi connectivity index (χ1v) is 10.7. The van der Waals surface area contributed by atoms with Crippen LogP contribution in [0.2, 0.25) is 0 Å². The molecule has 0 aliphatic rings. The molecule has 3 aromatic rings. The summed E-state index contributed by atoms with van der Waals surface area (Å²) < 4.78 is 17.9. The minimum atomic E-state index is -0.634. The van der Waals surface area contributed by atoms with Crippen molar-refractivity contribution in [2.75, 3.05) is 12.4 Å². The molecule has 186 valence electrons. The summed E-state index contributed by atoms with van der Waals surface area (Å²) in [5, 5.41) is 18.5. The highest BCUT2D eigenvalue weighted by atomic mass is 16.6. The second-order valence-corrected chi connectivity index (χ2v) is 8.77. The number of nitro benzene ring substituents is 1. The van der Waals surface area contributed by atoms with Crippen molar-refractivity contribution in [1.82, 2.24) is 19.7 Å². The number of aryl methyl sites for hydroxylation is 2. The molecule has 0 aliphatic carbocycles. The van der Waals surface area contributed by atoms with Crippen LogP contribution in [0, 0.1) is 17.0 Å². The maximum absolute atomic E-state index is 12.0. The SMILES string of the molecule is COc1c(-c2ncn(C)n2)cc(COCc2nc(NC(=O)OC(C)(C)C)ccc2C)cc1[N+](=O)[O-]. The first kappa shape index (κ1) is 25.6. The van der Waals surface area contributed by atoms with Crippen molar-refractivity contribution in [3.8, 4) is 17.1 Å². The fourth-order valence-electron chi connectivity index (χ4n) is 3.19. The normalized spacial score (nSPS) is 11.3. The summed E-state index contributed by atoms with van der Waals surface area (Å²) in [6.45, 7) is 7.36. The van der Waals surface area contributed by atoms with Crippen LogP contribution in [0.1, 0.15) is 37.6 Å². The van der Waals surface area contributed by atoms with Gasteiger partial charge in [0.1, 0.15) is 17.7 Å². The van der Waals surface area contributed by atoms with Crippen molar-refractivity contribution in [1.29, 1.82) is 0 Å². The summed E-state index contributed by atoms with van der Waals surface area (Å²) in [5.74, 6) is 0.697. The number of anilines is 1. The molecule has 0 spiro atoms. The Balaban J connectivity index is 1.77. The van der Waals surface area contributed by atoms with Gasteiger partial charge in [-0.3, -0.25) is 20.1 Å². The Morgan fingerprint density at radius 3 is 2.57 bits per heavy atom. The first-order valence-electron chi connectivity index (χ1n) is 10.7. The standard InChI is InChI=1S/C23H28N6O6/c1-14-7-8-19(26-22(30)35-23(2,3)4)25-17(14)12-34-11-15-9-16(21-24-13-28(5)27-21)20(33-6)18(10-15)29(31)32/h7-10,13H,11-12H2,1-6H3,(H,25,26,30). The van der Waals surface area contributed by atoms with E-state index in [-0.39, 0.29) is 24.7 Å². The molecule has 0 saturated heterocycles. The third kappa shape index (κ3) is 6.73. The molecule has 1 N–H and O–H groups in total. The Hall–Kier alpha value is -4.06. The van der Waals surface area contributed by atoms with E-state index in [9.17, 15) is 14.9 Å². The van der Waals surface area contributed by atoms with Crippen LogP contribution in [0.15, 0.2) is 30.6 Å². The Bertz CT molecular complexity index is 1230. The molecule has 0 saturated carbocycles. The predicted octanol–water partition coefficient (Wildman–Crippen LogP) is 4.17. The third-order valence-electron chi connectivity index (χ3n) is 4.71. The number of amides is 1. The van der Waals surface area contributed by atoms with Crippen molar-refractivity contribution in [2.45, 2.75) is 46.5 Å². The van der Waals surface area contributed by atoms with E-state index < -0.39 is 16.6 Å². The Morgan fingerprint density at radius 1 is 1.23 bits per heavy atom. The number of benzene rings is 1. The molecule has 0 atom stereocenters. The Kier molecular flexibility index (Phi) is 7.65. The van der Waals surface area contributed by atoms with Crippen LogP contribution in [0.25, 0.3) is 11.4 Å². The highest BCUT2D eigenvalue weighted by Gasteiger charge is 2.24. The number of carbonyl (C=O) groups excluding carboxylic acids is 1. The van der Waals surface area contributed by atoms with E-state index in [1.54, 1.807) is 40.0 Å². The summed E-state index contributed by atoms with van der Waals surface area (Å²) in [6.07, 6.45) is 0.887. The molecule has 2 aromatic heterocycles. The van der Waals surface area contributed by atoms with Gasteiger partial charge in [0.2, 0.25) is 5.75 Å². The van der Waals surface area contributed by atoms with Gasteiger partial charge in [-0.2, -0.15) is 5.10 Å². The molecule has 2 heterocycles. The number of aromatic nitrogens is 4. The van der Waals surface area contributed by atoms with Crippen molar-refractivity contribution in [3.63, 3.8) is 0 Å². The topological polar surface area (TPSA) is 144 Å². The number of ether oxygens (including phenoxy) is 3. The molecule has 0 radical (unpaired) electrons. The molecule has 0 bridgehead atoms. The van der Waals surface area contributed by atoms with Crippen LogP contribution in [-0.4, -0.2) is 43.5 Å². The smallest absolute Gasteiger partial charge is 0.413 e. The van der Waals surface area contributed by atoms with Gasteiger partial charge in [0, 0.05) is 13.1 Å². The van der Waals surface area contributed by atoms with E-state index in [4.69, 9.17) is 14.2 Å². The minimum absolute atomic E-state index is 0.0650. The number of hydrogen-bond donors (Lipinski definition) is 1. The van der Waals surface area contributed by atoms with Gasteiger partial charge in [0.05, 0.1) is 36.5 Å². The lowest BCUT2D eigenvalue weighted by atomic mass is 10.1. The van der Waals surface area contributed by atoms with Gasteiger partial charge in [-0.25, -0.2) is 14.8 Å². The molecule has 3 rings (SSSR count). The molecule has 12 heteroatoms. The average molecular weight is 485 g/mol. The van der Waals surface area contributed by atoms with E-state index in [1.807, 2.05) is 13.0 Å². The molecular formula is C23H28N6O6. The molecule has 35 heavy (non-hydrogen) atoms. The largest absolute Gasteiger partial charge is 0.490 e. The fraction of sp³-hybridized carbons (Fsp3) is 0.391. The highest BCUT2D eigenvalue weighted by Crippen LogP contribution is 2.38. The summed E-state index contributed by atoms with van der Waals surface area (Å²) >= 11 is 0. The van der Waals surface area contributed by atoms with E-state index in [1.165, 1.54) is 24.2 Å². The molecule has 12 nitrogen and oxygen atoms in total. The third-order valence-corrected chi connectivity index (χ3v) is 4.71. The van der Waals surface area contributed by atoms with Gasteiger partial charge in [0.25, 0.3) is 0 Å². The molecule has 0 unspecified atom stereocenters. The summed E-state index contributed by atoms with van der Waals surface area (Å²) in [6, 6.07) is 6.57. The zero-order chi connectivity index (χ0) is 25.8. The number of pyridine rings is 1. The number of rotatable bonds is 8. The quantitative estimate of drug-likeness (QED) is 0.368. The van der Waals surface area contributed by atoms with Gasteiger partial charge in [-0.1, -0.05) is 6.07 Å². The number of nitro groups is 1. The van der Waals surface area contributed by atoms with E-state index in [0.717, 1.165) is 5.56 Å². The van der Waals surface area contributed by atoms with Gasteiger partial charge < -0.3 is 14.2 Å². The Morgan fingerprint density at radius 2 is 1.97 bits per heavy atom. The zero-order valence-electron chi connectivity index (χ0n) is 20.5. The van der Waals surface area contributed by atoms with Crippen LogP contribution < -0.4 is 10.1 Å². The van der Waals surface area contributed by atoms with Gasteiger partial charge in [-0.05, 0) is 51.0 Å². The zero-order valence-corrected chi connectivity index (χ0v) is 20.5. The second-order valence-electron chi connectivity index (χ2n) is 8.77. The average Bonchev–Trinajstić information content (AvgIpc) is 3.20. The number of methoxy groups -OCH3 is 1. The van der Waals surface area contributed by atoms with Crippen LogP contribution in [0.3, 0.4) is 0 Å². The molecular weight excluding hydrogens is 456 g/mol. The summed E-state index contributed by atoms with van der Waals surface area (Å²) in [4.78, 5) is 31.8. The summed E-state index contributed by atoms with van der Waals surface area (Å²) in [7, 11) is 3.06. The fourth-order valence-corrected chi connectivity index (χ4v) is 3.19. The number of hydrogen-bond acceptors (Lipinski definition) is 9. The maximum atomic E-state index is 12.0. The monoisotopic (exact) mass is 484 g/mol. The van der Waals surface area contributed by atoms with E-state index >= 15 is 0 Å². The molecule has 1 amide bonds. The predicted molar refractivity (Wildman–Crippen MR) is 127 cm³/mol. The van der Waals surface area contributed by atoms with Gasteiger partial charge >= 0.3 is 11.8 Å². The van der Waals surface area contributed by atoms with Crippen LogP contribution in [-0.2, 0) is 29.7 Å². The van der Waals surface area contributed by atoms with E-state index in [2.05, 4.69) is 20.4 Å². The molecule has 1 aromatic carbocycles. The number of nitrogens with zero attached hydrogens (tertiary/aromatic N) is 5. The van der Waals surface area contributed by atoms with Crippen molar-refractivity contribution < 1.29 is 23.9 Å². The van der Waals surface area contributed by atoms with Gasteiger partial charge in [-0.15, -0.1) is 0 Å². The molecule has 0 aliphatic heterocycles. The lowest BCUT2D eigenvalue weighted by Gasteiger charge is -2.19. The lowest BCUT2D eigenvalue weighted by molar-refractivity contribution is -0.385. The van der Waals surface area contributed by atoms with Crippen molar-refractivity contribution in [3.05, 3.63) is 57.5 Å². The first-order chi connectivity index (χ1) is 16.5. The number of carbonyl (C=O) groups is 1. The minimum Gasteiger partial charge on any atom is -0.490 e. The van der Waals surface area contributed by atoms with Crippen LogP contribution in [0.5, 0.6) is 5.75 Å². The Labute approximate surface area is 202 Å². The lowest BCUT2D eigenvalue weighted by Crippen LogP contribution is -2.27. The van der Waals surface area contributed by atoms with Crippen molar-refractivity contribution >= 4 is 17.6 Å². The summed E-state index contributed by atoms with van der Waals surface area (Å²) in [5.41, 5.74) is 1.55. The molecule has 0 fully saturated rings. The maximum Gasteiger partial charge on any atom is 0.413 e. The van der Waals surface area contributed by atoms with Gasteiger partial charge in [0.15, 0.2) is 5.82 Å². The second kappa shape index (κ2) is 10.5. The number of nitrogens with one attached hydrogen (secondary N) is 1. The van der Waals surface area contributed by atoms with Crippen LogP contribution >= 0.6 is 0 Å². The van der Waals surface area contributed by atoms with Crippen molar-refractivity contribution in [2.24, 2.45) is 7.05 Å². The van der Waals surface area contributed by atoms with E-state index in [0.29, 0.717) is 28.5 Å².